The molecule has 0 bridgehead atoms. The van der Waals surface area contributed by atoms with Gasteiger partial charge in [0.15, 0.2) is 9.84 Å². The lowest BCUT2D eigenvalue weighted by Crippen LogP contribution is -2.53. The molecule has 0 saturated carbocycles. The van der Waals surface area contributed by atoms with E-state index in [-0.39, 0.29) is 11.0 Å². The molecule has 1 amide bonds. The first-order valence-corrected chi connectivity index (χ1v) is 7.90. The third kappa shape index (κ3) is 3.38. The van der Waals surface area contributed by atoms with E-state index in [0.717, 1.165) is 25.5 Å². The fraction of sp³-hybridized carbons (Fsp3) is 0.800. The van der Waals surface area contributed by atoms with E-state index >= 15 is 0 Å². The van der Waals surface area contributed by atoms with Crippen LogP contribution in [0, 0.1) is 0 Å². The summed E-state index contributed by atoms with van der Waals surface area (Å²) in [6.07, 6.45) is 3.60. The van der Waals surface area contributed by atoms with Crippen molar-refractivity contribution in [2.75, 3.05) is 12.8 Å². The number of thiocarbonyl (C=S) groups is 1. The van der Waals surface area contributed by atoms with Gasteiger partial charge in [0.1, 0.15) is 5.25 Å². The topological polar surface area (TPSA) is 80.5 Å². The van der Waals surface area contributed by atoms with Crippen molar-refractivity contribution in [1.82, 2.24) is 4.90 Å². The van der Waals surface area contributed by atoms with E-state index < -0.39 is 21.0 Å². The molecule has 0 aromatic carbocycles. The monoisotopic (exact) mass is 278 g/mol. The number of sulfone groups is 1. The van der Waals surface area contributed by atoms with Crippen molar-refractivity contribution >= 4 is 33.0 Å². The highest BCUT2D eigenvalue weighted by Crippen LogP contribution is 2.19. The molecule has 1 aliphatic rings. The Hall–Kier alpha value is -0.690. The zero-order chi connectivity index (χ0) is 13.2. The smallest absolute Gasteiger partial charge is 0.241 e. The normalized spacial score (nSPS) is 23.2. The first-order valence-electron chi connectivity index (χ1n) is 5.54. The minimum absolute atomic E-state index is 0.263. The van der Waals surface area contributed by atoms with Crippen LogP contribution >= 0.6 is 12.2 Å². The number of hydrogen-bond donors (Lipinski definition) is 1. The average Bonchev–Trinajstić information content (AvgIpc) is 2.25. The Kier molecular flexibility index (Phi) is 4.48. The third-order valence-electron chi connectivity index (χ3n) is 3.10. The Bertz CT molecular complexity index is 419. The molecule has 0 aromatic rings. The highest BCUT2D eigenvalue weighted by molar-refractivity contribution is 7.92. The number of carbonyl (C=O) groups is 1. The zero-order valence-electron chi connectivity index (χ0n) is 10.0. The van der Waals surface area contributed by atoms with Gasteiger partial charge in [0.05, 0.1) is 11.0 Å². The van der Waals surface area contributed by atoms with Crippen molar-refractivity contribution in [2.24, 2.45) is 5.73 Å². The maximum absolute atomic E-state index is 12.1. The lowest BCUT2D eigenvalue weighted by Gasteiger charge is -2.36. The van der Waals surface area contributed by atoms with Gasteiger partial charge < -0.3 is 10.6 Å². The standard InChI is InChI=1S/C10H18N2O3S2/c1-7(17(2,14)15)10(13)12-6-4-3-5-8(12)9(11)16/h7-8H,3-6H2,1-2H3,(H2,11,16). The molecule has 0 aliphatic carbocycles. The predicted octanol–water partition coefficient (Wildman–Crippen LogP) is 0.0867. The van der Waals surface area contributed by atoms with Crippen LogP contribution in [0.4, 0.5) is 0 Å². The number of rotatable bonds is 3. The van der Waals surface area contributed by atoms with Crippen LogP contribution in [0.15, 0.2) is 0 Å². The number of nitrogens with zero attached hydrogens (tertiary/aromatic N) is 1. The van der Waals surface area contributed by atoms with Crippen LogP contribution in [0.5, 0.6) is 0 Å². The van der Waals surface area contributed by atoms with Crippen molar-refractivity contribution in [3.63, 3.8) is 0 Å². The maximum Gasteiger partial charge on any atom is 0.241 e. The summed E-state index contributed by atoms with van der Waals surface area (Å²) in [5.41, 5.74) is 5.59. The van der Waals surface area contributed by atoms with Gasteiger partial charge in [-0.15, -0.1) is 0 Å². The molecule has 1 aliphatic heterocycles. The summed E-state index contributed by atoms with van der Waals surface area (Å²) in [5.74, 6) is -0.398. The summed E-state index contributed by atoms with van der Waals surface area (Å²) in [4.78, 5) is 13.9. The molecule has 98 valence electrons. The molecule has 0 aromatic heterocycles. The molecule has 2 atom stereocenters. The average molecular weight is 278 g/mol. The second-order valence-corrected chi connectivity index (χ2v) is 7.25. The molecule has 2 unspecified atom stereocenters. The van der Waals surface area contributed by atoms with E-state index in [4.69, 9.17) is 18.0 Å². The summed E-state index contributed by atoms with van der Waals surface area (Å²) in [6.45, 7) is 1.93. The van der Waals surface area contributed by atoms with Gasteiger partial charge in [0.2, 0.25) is 5.91 Å². The van der Waals surface area contributed by atoms with Crippen LogP contribution in [0.3, 0.4) is 0 Å². The molecule has 1 heterocycles. The Morgan fingerprint density at radius 2 is 2.06 bits per heavy atom. The van der Waals surface area contributed by atoms with Crippen molar-refractivity contribution in [2.45, 2.75) is 37.5 Å². The Morgan fingerprint density at radius 3 is 2.53 bits per heavy atom. The molecule has 2 N–H and O–H groups in total. The predicted molar refractivity (Wildman–Crippen MR) is 70.4 cm³/mol. The molecule has 1 rings (SSSR count). The number of piperidine rings is 1. The summed E-state index contributed by atoms with van der Waals surface area (Å²) in [5, 5.41) is -1.03. The Balaban J connectivity index is 2.89. The Labute approximate surface area is 107 Å². The number of carbonyl (C=O) groups excluding carboxylic acids is 1. The van der Waals surface area contributed by atoms with Crippen LogP contribution in [0.1, 0.15) is 26.2 Å². The van der Waals surface area contributed by atoms with Gasteiger partial charge >= 0.3 is 0 Å². The SMILES string of the molecule is CC(C(=O)N1CCCCC1C(N)=S)S(C)(=O)=O. The molecule has 7 heteroatoms. The van der Waals surface area contributed by atoms with Gasteiger partial charge in [-0.05, 0) is 26.2 Å². The van der Waals surface area contributed by atoms with E-state index in [9.17, 15) is 13.2 Å². The highest BCUT2D eigenvalue weighted by Gasteiger charge is 2.34. The van der Waals surface area contributed by atoms with Gasteiger partial charge in [-0.2, -0.15) is 0 Å². The first-order chi connectivity index (χ1) is 7.75. The quantitative estimate of drug-likeness (QED) is 0.740. The second-order valence-electron chi connectivity index (χ2n) is 4.42. The van der Waals surface area contributed by atoms with Crippen molar-refractivity contribution < 1.29 is 13.2 Å². The lowest BCUT2D eigenvalue weighted by molar-refractivity contribution is -0.132. The molecule has 1 saturated heterocycles. The summed E-state index contributed by atoms with van der Waals surface area (Å²) in [7, 11) is -3.38. The second kappa shape index (κ2) is 5.30. The number of hydrogen-bond acceptors (Lipinski definition) is 4. The van der Waals surface area contributed by atoms with E-state index in [0.29, 0.717) is 6.54 Å². The van der Waals surface area contributed by atoms with Gasteiger partial charge in [-0.1, -0.05) is 12.2 Å². The lowest BCUT2D eigenvalue weighted by atomic mass is 10.0. The van der Waals surface area contributed by atoms with Crippen molar-refractivity contribution in [3.8, 4) is 0 Å². The minimum Gasteiger partial charge on any atom is -0.392 e. The molecule has 17 heavy (non-hydrogen) atoms. The summed E-state index contributed by atoms with van der Waals surface area (Å²) >= 11 is 4.93. The molecular formula is C10H18N2O3S2. The molecule has 5 nitrogen and oxygen atoms in total. The zero-order valence-corrected chi connectivity index (χ0v) is 11.7. The van der Waals surface area contributed by atoms with Crippen LogP contribution in [0.2, 0.25) is 0 Å². The highest BCUT2D eigenvalue weighted by atomic mass is 32.2. The van der Waals surface area contributed by atoms with Gasteiger partial charge in [-0.25, -0.2) is 8.42 Å². The Morgan fingerprint density at radius 1 is 1.47 bits per heavy atom. The molecule has 1 fully saturated rings. The molecular weight excluding hydrogens is 260 g/mol. The fourth-order valence-corrected chi connectivity index (χ4v) is 2.65. The molecule has 0 radical (unpaired) electrons. The number of nitrogens with two attached hydrogens (primary N) is 1. The third-order valence-corrected chi connectivity index (χ3v) is 4.86. The van der Waals surface area contributed by atoms with Gasteiger partial charge in [0, 0.05) is 12.8 Å². The van der Waals surface area contributed by atoms with Crippen LogP contribution in [-0.2, 0) is 14.6 Å². The van der Waals surface area contributed by atoms with Crippen LogP contribution in [0.25, 0.3) is 0 Å². The number of amides is 1. The summed E-state index contributed by atoms with van der Waals surface area (Å²) in [6, 6.07) is -0.296. The fourth-order valence-electron chi connectivity index (χ4n) is 1.91. The van der Waals surface area contributed by atoms with Crippen LogP contribution < -0.4 is 5.73 Å². The van der Waals surface area contributed by atoms with Gasteiger partial charge in [0.25, 0.3) is 0 Å². The van der Waals surface area contributed by atoms with E-state index in [1.54, 1.807) is 0 Å². The van der Waals surface area contributed by atoms with Gasteiger partial charge in [-0.3, -0.25) is 4.79 Å². The summed E-state index contributed by atoms with van der Waals surface area (Å²) < 4.78 is 22.8. The van der Waals surface area contributed by atoms with E-state index in [2.05, 4.69) is 0 Å². The van der Waals surface area contributed by atoms with Crippen molar-refractivity contribution in [1.29, 1.82) is 0 Å². The van der Waals surface area contributed by atoms with Crippen LogP contribution in [-0.4, -0.2) is 48.3 Å². The van der Waals surface area contributed by atoms with Crippen molar-refractivity contribution in [3.05, 3.63) is 0 Å². The van der Waals surface area contributed by atoms with E-state index in [1.165, 1.54) is 11.8 Å². The maximum atomic E-state index is 12.1. The largest absolute Gasteiger partial charge is 0.392 e. The van der Waals surface area contributed by atoms with E-state index in [1.807, 2.05) is 0 Å². The number of likely N-dealkylation sites (tertiary alicyclic amines) is 1. The first kappa shape index (κ1) is 14.4. The minimum atomic E-state index is -3.38. The molecule has 0 spiro atoms.